The number of hydrogen-bond donors (Lipinski definition) is 1. The number of anilines is 1. The van der Waals surface area contributed by atoms with Crippen molar-refractivity contribution in [2.24, 2.45) is 5.10 Å². The van der Waals surface area contributed by atoms with Crippen molar-refractivity contribution in [1.29, 1.82) is 0 Å². The van der Waals surface area contributed by atoms with Crippen molar-refractivity contribution < 1.29 is 19.1 Å². The van der Waals surface area contributed by atoms with Crippen LogP contribution in [0, 0.1) is 0 Å². The number of aromatic nitrogens is 2. The summed E-state index contributed by atoms with van der Waals surface area (Å²) < 4.78 is 13.5. The van der Waals surface area contributed by atoms with Crippen LogP contribution < -0.4 is 15.2 Å². The molecule has 42 heavy (non-hydrogen) atoms. The van der Waals surface area contributed by atoms with Crippen molar-refractivity contribution in [1.82, 2.24) is 9.66 Å². The minimum atomic E-state index is -1.01. The summed E-state index contributed by atoms with van der Waals surface area (Å²) in [5.74, 6) is 0.185. The lowest BCUT2D eigenvalue weighted by molar-refractivity contribution is 0.0696. The molecule has 0 saturated heterocycles. The van der Waals surface area contributed by atoms with Crippen LogP contribution in [0.5, 0.6) is 5.75 Å². The number of rotatable bonds is 8. The average Bonchev–Trinajstić information content (AvgIpc) is 3.44. The second kappa shape index (κ2) is 11.1. The Hall–Kier alpha value is -5.70. The van der Waals surface area contributed by atoms with Gasteiger partial charge in [-0.15, -0.1) is 0 Å². The molecule has 9 nitrogen and oxygen atoms in total. The fraction of sp³-hybridized carbons (Fsp3) is 0.0909. The Labute approximate surface area is 240 Å². The summed E-state index contributed by atoms with van der Waals surface area (Å²) in [4.78, 5) is 31.8. The number of carbonyl (C=O) groups is 1. The Morgan fingerprint density at radius 1 is 1.00 bits per heavy atom. The zero-order chi connectivity index (χ0) is 29.2. The first-order valence-corrected chi connectivity index (χ1v) is 13.2. The number of carboxylic acids is 1. The zero-order valence-corrected chi connectivity index (χ0v) is 22.9. The summed E-state index contributed by atoms with van der Waals surface area (Å²) in [6, 6.07) is 28.7. The Kier molecular flexibility index (Phi) is 6.98. The Morgan fingerprint density at radius 3 is 2.62 bits per heavy atom. The number of nitrogens with zero attached hydrogens (tertiary/aromatic N) is 4. The van der Waals surface area contributed by atoms with Crippen molar-refractivity contribution in [3.8, 4) is 17.3 Å². The van der Waals surface area contributed by atoms with Gasteiger partial charge in [0.05, 0.1) is 22.7 Å². The van der Waals surface area contributed by atoms with Crippen molar-refractivity contribution in [2.75, 3.05) is 19.0 Å². The van der Waals surface area contributed by atoms with Crippen LogP contribution >= 0.6 is 0 Å². The number of para-hydroxylation sites is 2. The van der Waals surface area contributed by atoms with Gasteiger partial charge in [0.1, 0.15) is 17.9 Å². The maximum atomic E-state index is 13.7. The normalized spacial score (nSPS) is 11.4. The molecule has 0 fully saturated rings. The highest BCUT2D eigenvalue weighted by atomic mass is 16.5. The molecule has 0 radical (unpaired) electrons. The number of furan rings is 1. The highest BCUT2D eigenvalue weighted by Crippen LogP contribution is 2.28. The second-order valence-corrected chi connectivity index (χ2v) is 9.87. The highest BCUT2D eigenvalue weighted by molar-refractivity contribution is 5.88. The van der Waals surface area contributed by atoms with Gasteiger partial charge in [-0.3, -0.25) is 4.79 Å². The second-order valence-electron chi connectivity index (χ2n) is 9.87. The maximum absolute atomic E-state index is 13.7. The molecule has 6 aromatic rings. The predicted octanol–water partition coefficient (Wildman–Crippen LogP) is 6.04. The van der Waals surface area contributed by atoms with Gasteiger partial charge in [0.15, 0.2) is 5.76 Å². The number of ether oxygens (including phenoxy) is 1. The molecule has 0 saturated carbocycles. The molecule has 0 atom stereocenters. The monoisotopic (exact) mass is 558 g/mol. The molecule has 6 rings (SSSR count). The SMILES string of the molecule is CN(C)c1ccc(C=Nn2c(-c3cc4ccccc4o3)nc3ccccc3c2=O)c(OCc2cccc(C(=O)O)c2)c1. The first-order valence-electron chi connectivity index (χ1n) is 13.2. The first-order chi connectivity index (χ1) is 20.4. The standard InChI is InChI=1S/C33H26N4O5/c1-36(2)25-15-14-24(29(18-25)41-20-21-8-7-10-23(16-21)33(39)40)19-34-37-31(30-17-22-9-3-6-13-28(22)42-30)35-27-12-5-4-11-26(27)32(37)38/h3-19H,20H2,1-2H3,(H,39,40). The van der Waals surface area contributed by atoms with E-state index in [0.717, 1.165) is 11.1 Å². The lowest BCUT2D eigenvalue weighted by Gasteiger charge is -2.16. The topological polar surface area (TPSA) is 110 Å². The number of carboxylic acid groups (broad SMARTS) is 1. The molecule has 0 bridgehead atoms. The van der Waals surface area contributed by atoms with Gasteiger partial charge in [-0.2, -0.15) is 9.78 Å². The summed E-state index contributed by atoms with van der Waals surface area (Å²) >= 11 is 0. The fourth-order valence-electron chi connectivity index (χ4n) is 4.59. The Balaban J connectivity index is 1.43. The van der Waals surface area contributed by atoms with Crippen LogP contribution in [0.25, 0.3) is 33.5 Å². The molecule has 0 unspecified atom stereocenters. The average molecular weight is 559 g/mol. The molecule has 0 spiro atoms. The van der Waals surface area contributed by atoms with Crippen LogP contribution in [0.2, 0.25) is 0 Å². The Morgan fingerprint density at radius 2 is 1.81 bits per heavy atom. The van der Waals surface area contributed by atoms with Crippen molar-refractivity contribution in [2.45, 2.75) is 6.61 Å². The van der Waals surface area contributed by atoms with E-state index in [-0.39, 0.29) is 23.6 Å². The molecule has 0 aliphatic rings. The lowest BCUT2D eigenvalue weighted by atomic mass is 10.1. The maximum Gasteiger partial charge on any atom is 0.335 e. The van der Waals surface area contributed by atoms with E-state index in [0.29, 0.717) is 39.1 Å². The van der Waals surface area contributed by atoms with E-state index in [4.69, 9.17) is 14.1 Å². The molecule has 208 valence electrons. The molecular formula is C33H26N4O5. The quantitative estimate of drug-likeness (QED) is 0.227. The van der Waals surface area contributed by atoms with Crippen molar-refractivity contribution in [3.05, 3.63) is 124 Å². The largest absolute Gasteiger partial charge is 0.488 e. The molecule has 0 aliphatic heterocycles. The van der Waals surface area contributed by atoms with E-state index in [9.17, 15) is 14.7 Å². The van der Waals surface area contributed by atoms with E-state index in [2.05, 4.69) is 5.10 Å². The summed E-state index contributed by atoms with van der Waals surface area (Å²) in [7, 11) is 3.84. The number of hydrogen-bond acceptors (Lipinski definition) is 7. The van der Waals surface area contributed by atoms with Crippen LogP contribution in [0.3, 0.4) is 0 Å². The van der Waals surface area contributed by atoms with Crippen LogP contribution in [-0.2, 0) is 6.61 Å². The third-order valence-electron chi connectivity index (χ3n) is 6.79. The van der Waals surface area contributed by atoms with E-state index in [1.165, 1.54) is 10.7 Å². The Bertz CT molecular complexity index is 2010. The molecule has 2 aromatic heterocycles. The van der Waals surface area contributed by atoms with E-state index in [1.54, 1.807) is 42.6 Å². The molecule has 0 amide bonds. The van der Waals surface area contributed by atoms with Crippen LogP contribution in [0.4, 0.5) is 5.69 Å². The van der Waals surface area contributed by atoms with Gasteiger partial charge in [0.25, 0.3) is 5.56 Å². The highest BCUT2D eigenvalue weighted by Gasteiger charge is 2.17. The predicted molar refractivity (Wildman–Crippen MR) is 163 cm³/mol. The summed E-state index contributed by atoms with van der Waals surface area (Å²) in [5, 5.41) is 15.2. The van der Waals surface area contributed by atoms with Gasteiger partial charge in [-0.25, -0.2) is 9.78 Å². The number of benzene rings is 4. The smallest absolute Gasteiger partial charge is 0.335 e. The van der Waals surface area contributed by atoms with Gasteiger partial charge >= 0.3 is 5.97 Å². The van der Waals surface area contributed by atoms with E-state index >= 15 is 0 Å². The van der Waals surface area contributed by atoms with Crippen molar-refractivity contribution in [3.63, 3.8) is 0 Å². The van der Waals surface area contributed by atoms with Crippen LogP contribution in [0.1, 0.15) is 21.5 Å². The third kappa shape index (κ3) is 5.23. The summed E-state index contributed by atoms with van der Waals surface area (Å²) in [5.41, 5.74) is 3.26. The fourth-order valence-corrected chi connectivity index (χ4v) is 4.59. The lowest BCUT2D eigenvalue weighted by Crippen LogP contribution is -2.20. The van der Waals surface area contributed by atoms with E-state index < -0.39 is 5.97 Å². The minimum Gasteiger partial charge on any atom is -0.488 e. The number of fused-ring (bicyclic) bond motifs is 2. The first kappa shape index (κ1) is 26.5. The van der Waals surface area contributed by atoms with Crippen LogP contribution in [0.15, 0.2) is 111 Å². The van der Waals surface area contributed by atoms with E-state index in [1.807, 2.05) is 73.6 Å². The molecule has 4 aromatic carbocycles. The summed E-state index contributed by atoms with van der Waals surface area (Å²) in [6.45, 7) is 0.139. The molecule has 9 heteroatoms. The van der Waals surface area contributed by atoms with Gasteiger partial charge in [-0.05, 0) is 54.1 Å². The molecule has 2 heterocycles. The summed E-state index contributed by atoms with van der Waals surface area (Å²) in [6.07, 6.45) is 1.55. The molecule has 0 aliphatic carbocycles. The van der Waals surface area contributed by atoms with Gasteiger partial charge in [-0.1, -0.05) is 42.5 Å². The van der Waals surface area contributed by atoms with Crippen molar-refractivity contribution >= 4 is 39.7 Å². The van der Waals surface area contributed by atoms with Gasteiger partial charge in [0.2, 0.25) is 5.82 Å². The molecule has 1 N–H and O–H groups in total. The van der Waals surface area contributed by atoms with Gasteiger partial charge in [0, 0.05) is 36.8 Å². The third-order valence-corrected chi connectivity index (χ3v) is 6.79. The zero-order valence-electron chi connectivity index (χ0n) is 22.9. The molecular weight excluding hydrogens is 532 g/mol. The number of aromatic carboxylic acids is 1. The minimum absolute atomic E-state index is 0.139. The van der Waals surface area contributed by atoms with Gasteiger partial charge < -0.3 is 19.2 Å². The van der Waals surface area contributed by atoms with Crippen LogP contribution in [-0.4, -0.2) is 41.0 Å².